The van der Waals surface area contributed by atoms with Crippen LogP contribution in [0.4, 0.5) is 0 Å². The molecule has 0 aliphatic carbocycles. The maximum atomic E-state index is 4.87. The Kier molecular flexibility index (Phi) is 2.93. The van der Waals surface area contributed by atoms with Crippen LogP contribution in [-0.2, 0) is 13.0 Å². The van der Waals surface area contributed by atoms with Crippen molar-refractivity contribution in [2.45, 2.75) is 63.7 Å². The first-order valence-corrected chi connectivity index (χ1v) is 8.10. The number of rotatable bonds is 1. The fourth-order valence-corrected chi connectivity index (χ4v) is 4.75. The van der Waals surface area contributed by atoms with Gasteiger partial charge in [0.05, 0.1) is 5.69 Å². The van der Waals surface area contributed by atoms with Gasteiger partial charge in [0.25, 0.3) is 0 Å². The molecule has 110 valence electrons. The van der Waals surface area contributed by atoms with E-state index in [1.165, 1.54) is 55.9 Å². The van der Waals surface area contributed by atoms with E-state index in [4.69, 9.17) is 4.98 Å². The molecule has 2 bridgehead atoms. The molecule has 0 N–H and O–H groups in total. The van der Waals surface area contributed by atoms with E-state index in [1.807, 2.05) is 0 Å². The lowest BCUT2D eigenvalue weighted by molar-refractivity contribution is 0.134. The molecule has 4 nitrogen and oxygen atoms in total. The maximum Gasteiger partial charge on any atom is 0.106 e. The van der Waals surface area contributed by atoms with Crippen LogP contribution < -0.4 is 0 Å². The highest BCUT2D eigenvalue weighted by Gasteiger charge is 2.40. The highest BCUT2D eigenvalue weighted by Crippen LogP contribution is 2.41. The van der Waals surface area contributed by atoms with Crippen molar-refractivity contribution in [1.82, 2.24) is 19.4 Å². The third kappa shape index (κ3) is 1.85. The van der Waals surface area contributed by atoms with Crippen LogP contribution in [0.2, 0.25) is 0 Å². The standard InChI is InChI=1S/C16H26N4/c1-11-17-15-10-18(2)7-6-16(15)20(11)14-8-12-4-5-13(9-14)19(12)3/h12-14H,4-10H2,1-3H3/t12-,13+,14?. The van der Waals surface area contributed by atoms with Gasteiger partial charge in [-0.15, -0.1) is 0 Å². The molecule has 4 heteroatoms. The Bertz CT molecular complexity index is 507. The topological polar surface area (TPSA) is 24.3 Å². The number of piperidine rings is 1. The van der Waals surface area contributed by atoms with E-state index in [0.29, 0.717) is 6.04 Å². The average molecular weight is 274 g/mol. The van der Waals surface area contributed by atoms with Gasteiger partial charge in [0, 0.05) is 43.3 Å². The molecule has 3 atom stereocenters. The zero-order valence-corrected chi connectivity index (χ0v) is 13.0. The Morgan fingerprint density at radius 3 is 2.45 bits per heavy atom. The molecule has 3 aliphatic heterocycles. The van der Waals surface area contributed by atoms with Crippen LogP contribution in [0.5, 0.6) is 0 Å². The van der Waals surface area contributed by atoms with E-state index < -0.39 is 0 Å². The predicted molar refractivity (Wildman–Crippen MR) is 79.8 cm³/mol. The molecule has 4 heterocycles. The van der Waals surface area contributed by atoms with Crippen molar-refractivity contribution in [2.75, 3.05) is 20.6 Å². The van der Waals surface area contributed by atoms with Crippen LogP contribution in [0.3, 0.4) is 0 Å². The Morgan fingerprint density at radius 2 is 1.75 bits per heavy atom. The first-order valence-electron chi connectivity index (χ1n) is 8.10. The van der Waals surface area contributed by atoms with Gasteiger partial charge in [0.2, 0.25) is 0 Å². The van der Waals surface area contributed by atoms with E-state index in [-0.39, 0.29) is 0 Å². The largest absolute Gasteiger partial charge is 0.329 e. The fraction of sp³-hybridized carbons (Fsp3) is 0.812. The van der Waals surface area contributed by atoms with Gasteiger partial charge in [-0.05, 0) is 46.7 Å². The number of nitrogens with zero attached hydrogens (tertiary/aromatic N) is 4. The molecule has 2 fully saturated rings. The number of imidazole rings is 1. The third-order valence-electron chi connectivity index (χ3n) is 5.86. The number of likely N-dealkylation sites (N-methyl/N-ethyl adjacent to an activating group) is 1. The van der Waals surface area contributed by atoms with Gasteiger partial charge in [0.15, 0.2) is 0 Å². The van der Waals surface area contributed by atoms with E-state index in [9.17, 15) is 0 Å². The normalized spacial score (nSPS) is 34.5. The van der Waals surface area contributed by atoms with Crippen molar-refractivity contribution in [1.29, 1.82) is 0 Å². The van der Waals surface area contributed by atoms with Gasteiger partial charge >= 0.3 is 0 Å². The summed E-state index contributed by atoms with van der Waals surface area (Å²) in [5.74, 6) is 1.25. The molecule has 0 radical (unpaired) electrons. The van der Waals surface area contributed by atoms with Crippen molar-refractivity contribution in [3.63, 3.8) is 0 Å². The molecule has 2 saturated heterocycles. The van der Waals surface area contributed by atoms with E-state index >= 15 is 0 Å². The number of aryl methyl sites for hydroxylation is 1. The highest BCUT2D eigenvalue weighted by molar-refractivity contribution is 5.21. The van der Waals surface area contributed by atoms with E-state index in [2.05, 4.69) is 35.4 Å². The van der Waals surface area contributed by atoms with Crippen molar-refractivity contribution in [3.05, 3.63) is 17.2 Å². The van der Waals surface area contributed by atoms with Crippen LogP contribution in [0.15, 0.2) is 0 Å². The van der Waals surface area contributed by atoms with Crippen molar-refractivity contribution >= 4 is 0 Å². The lowest BCUT2D eigenvalue weighted by Gasteiger charge is -2.38. The minimum absolute atomic E-state index is 0.698. The summed E-state index contributed by atoms with van der Waals surface area (Å²) in [7, 11) is 4.52. The molecule has 4 rings (SSSR count). The van der Waals surface area contributed by atoms with Crippen molar-refractivity contribution in [3.8, 4) is 0 Å². The highest BCUT2D eigenvalue weighted by atomic mass is 15.2. The summed E-state index contributed by atoms with van der Waals surface area (Å²) in [4.78, 5) is 9.89. The van der Waals surface area contributed by atoms with Crippen molar-refractivity contribution < 1.29 is 0 Å². The number of fused-ring (bicyclic) bond motifs is 3. The van der Waals surface area contributed by atoms with Gasteiger partial charge in [0.1, 0.15) is 5.82 Å². The Labute approximate surface area is 121 Å². The molecule has 1 aromatic rings. The van der Waals surface area contributed by atoms with Gasteiger partial charge in [-0.1, -0.05) is 0 Å². The fourth-order valence-electron chi connectivity index (χ4n) is 4.75. The molecule has 1 aromatic heterocycles. The second-order valence-corrected chi connectivity index (χ2v) is 7.09. The van der Waals surface area contributed by atoms with Crippen LogP contribution in [0, 0.1) is 6.92 Å². The molecular weight excluding hydrogens is 248 g/mol. The quantitative estimate of drug-likeness (QED) is 0.782. The molecule has 0 spiro atoms. The summed E-state index contributed by atoms with van der Waals surface area (Å²) in [6.07, 6.45) is 6.62. The first-order chi connectivity index (χ1) is 9.63. The summed E-state index contributed by atoms with van der Waals surface area (Å²) >= 11 is 0. The average Bonchev–Trinajstić information content (AvgIpc) is 2.81. The molecule has 0 aromatic carbocycles. The van der Waals surface area contributed by atoms with Crippen LogP contribution >= 0.6 is 0 Å². The molecule has 0 amide bonds. The third-order valence-corrected chi connectivity index (χ3v) is 5.86. The van der Waals surface area contributed by atoms with Crippen molar-refractivity contribution in [2.24, 2.45) is 0 Å². The number of hydrogen-bond donors (Lipinski definition) is 0. The van der Waals surface area contributed by atoms with Gasteiger partial charge in [-0.3, -0.25) is 0 Å². The minimum Gasteiger partial charge on any atom is -0.329 e. The van der Waals surface area contributed by atoms with Crippen LogP contribution in [0.25, 0.3) is 0 Å². The SMILES string of the molecule is Cc1nc2c(n1C1C[C@H]3CC[C@@H](C1)N3C)CCN(C)C2. The summed E-state index contributed by atoms with van der Waals surface area (Å²) in [6.45, 7) is 4.42. The Morgan fingerprint density at radius 1 is 1.05 bits per heavy atom. The van der Waals surface area contributed by atoms with E-state index in [0.717, 1.165) is 18.6 Å². The zero-order valence-electron chi connectivity index (χ0n) is 13.0. The summed E-state index contributed by atoms with van der Waals surface area (Å²) in [6, 6.07) is 2.31. The minimum atomic E-state index is 0.698. The lowest BCUT2D eigenvalue weighted by Crippen LogP contribution is -2.41. The van der Waals surface area contributed by atoms with Crippen LogP contribution in [0.1, 0.15) is 48.9 Å². The number of aromatic nitrogens is 2. The summed E-state index contributed by atoms with van der Waals surface area (Å²) < 4.78 is 2.61. The smallest absolute Gasteiger partial charge is 0.106 e. The molecule has 20 heavy (non-hydrogen) atoms. The van der Waals surface area contributed by atoms with Gasteiger partial charge < -0.3 is 14.4 Å². The molecule has 0 saturated carbocycles. The van der Waals surface area contributed by atoms with Gasteiger partial charge in [-0.25, -0.2) is 4.98 Å². The second kappa shape index (κ2) is 4.57. The maximum absolute atomic E-state index is 4.87. The summed E-state index contributed by atoms with van der Waals surface area (Å²) in [5.41, 5.74) is 2.87. The monoisotopic (exact) mass is 274 g/mol. The Hall–Kier alpha value is -0.870. The Balaban J connectivity index is 1.66. The van der Waals surface area contributed by atoms with Gasteiger partial charge in [-0.2, -0.15) is 0 Å². The van der Waals surface area contributed by atoms with Crippen LogP contribution in [-0.4, -0.2) is 52.1 Å². The molecular formula is C16H26N4. The van der Waals surface area contributed by atoms with E-state index in [1.54, 1.807) is 0 Å². The summed E-state index contributed by atoms with van der Waals surface area (Å²) in [5, 5.41) is 0. The predicted octanol–water partition coefficient (Wildman–Crippen LogP) is 1.98. The lowest BCUT2D eigenvalue weighted by atomic mass is 9.97. The zero-order chi connectivity index (χ0) is 13.9. The second-order valence-electron chi connectivity index (χ2n) is 7.09. The number of hydrogen-bond acceptors (Lipinski definition) is 3. The molecule has 3 aliphatic rings. The molecule has 1 unspecified atom stereocenters. The first kappa shape index (κ1) is 12.8.